The van der Waals surface area contributed by atoms with Gasteiger partial charge in [0.1, 0.15) is 5.82 Å². The summed E-state index contributed by atoms with van der Waals surface area (Å²) in [6.07, 6.45) is 0. The number of halogens is 1. The van der Waals surface area contributed by atoms with Crippen molar-refractivity contribution in [2.24, 2.45) is 0 Å². The summed E-state index contributed by atoms with van der Waals surface area (Å²) in [5.74, 6) is -0.175. The molecule has 0 spiro atoms. The van der Waals surface area contributed by atoms with Crippen LogP contribution in [0.4, 0.5) is 15.8 Å². The monoisotopic (exact) mass is 286 g/mol. The molecule has 0 aliphatic carbocycles. The van der Waals surface area contributed by atoms with E-state index in [9.17, 15) is 4.39 Å². The van der Waals surface area contributed by atoms with E-state index in [4.69, 9.17) is 0 Å². The lowest BCUT2D eigenvalue weighted by molar-refractivity contribution is 0.562. The molecule has 0 bridgehead atoms. The molecule has 112 valence electrons. The summed E-state index contributed by atoms with van der Waals surface area (Å²) < 4.78 is 14.3. The van der Waals surface area contributed by atoms with E-state index in [-0.39, 0.29) is 11.9 Å². The summed E-state index contributed by atoms with van der Waals surface area (Å²) in [4.78, 5) is 2.06. The van der Waals surface area contributed by atoms with E-state index >= 15 is 0 Å². The molecule has 0 radical (unpaired) electrons. The van der Waals surface area contributed by atoms with Crippen molar-refractivity contribution in [3.63, 3.8) is 0 Å². The van der Waals surface area contributed by atoms with E-state index in [2.05, 4.69) is 42.3 Å². The number of aryl methyl sites for hydroxylation is 2. The first-order valence-electron chi connectivity index (χ1n) is 7.22. The Bertz CT molecular complexity index is 637. The predicted molar refractivity (Wildman–Crippen MR) is 87.9 cm³/mol. The lowest BCUT2D eigenvalue weighted by Crippen LogP contribution is -2.20. The first-order chi connectivity index (χ1) is 9.95. The van der Waals surface area contributed by atoms with Gasteiger partial charge in [-0.05, 0) is 51.6 Å². The van der Waals surface area contributed by atoms with Crippen molar-refractivity contribution in [3.05, 3.63) is 58.9 Å². The topological polar surface area (TPSA) is 15.3 Å². The van der Waals surface area contributed by atoms with Crippen molar-refractivity contribution in [2.45, 2.75) is 26.8 Å². The molecule has 0 fully saturated rings. The maximum absolute atomic E-state index is 14.3. The maximum Gasteiger partial charge on any atom is 0.130 e. The Kier molecular flexibility index (Phi) is 4.63. The molecule has 0 aliphatic heterocycles. The van der Waals surface area contributed by atoms with Crippen molar-refractivity contribution in [1.82, 2.24) is 5.32 Å². The van der Waals surface area contributed by atoms with Gasteiger partial charge in [0.2, 0.25) is 0 Å². The van der Waals surface area contributed by atoms with Crippen LogP contribution in [0.1, 0.15) is 29.7 Å². The number of nitrogens with one attached hydrogen (secondary N) is 1. The summed E-state index contributed by atoms with van der Waals surface area (Å²) in [6, 6.07) is 11.5. The minimum absolute atomic E-state index is 0.0468. The fraction of sp³-hybridized carbons (Fsp3) is 0.333. The minimum atomic E-state index is -0.175. The van der Waals surface area contributed by atoms with Gasteiger partial charge in [-0.1, -0.05) is 23.8 Å². The molecule has 0 amide bonds. The quantitative estimate of drug-likeness (QED) is 0.890. The predicted octanol–water partition coefficient (Wildman–Crippen LogP) is 4.49. The van der Waals surface area contributed by atoms with Crippen molar-refractivity contribution >= 4 is 11.4 Å². The zero-order valence-corrected chi connectivity index (χ0v) is 13.4. The average Bonchev–Trinajstić information content (AvgIpc) is 2.45. The third kappa shape index (κ3) is 3.08. The first kappa shape index (κ1) is 15.5. The lowest BCUT2D eigenvalue weighted by atomic mass is 10.0. The molecule has 1 atom stereocenters. The third-order valence-electron chi connectivity index (χ3n) is 3.97. The first-order valence-corrected chi connectivity index (χ1v) is 7.22. The molecule has 0 saturated carbocycles. The second-order valence-corrected chi connectivity index (χ2v) is 5.53. The van der Waals surface area contributed by atoms with Gasteiger partial charge in [-0.2, -0.15) is 0 Å². The Labute approximate surface area is 126 Å². The van der Waals surface area contributed by atoms with Gasteiger partial charge in [-0.15, -0.1) is 0 Å². The smallest absolute Gasteiger partial charge is 0.130 e. The second kappa shape index (κ2) is 6.27. The van der Waals surface area contributed by atoms with Crippen LogP contribution >= 0.6 is 0 Å². The largest absolute Gasteiger partial charge is 0.344 e. The average molecular weight is 286 g/mol. The van der Waals surface area contributed by atoms with E-state index in [1.165, 1.54) is 17.2 Å². The second-order valence-electron chi connectivity index (χ2n) is 5.53. The highest BCUT2D eigenvalue weighted by Gasteiger charge is 2.18. The lowest BCUT2D eigenvalue weighted by Gasteiger charge is -2.27. The molecule has 21 heavy (non-hydrogen) atoms. The molecule has 1 unspecified atom stereocenters. The van der Waals surface area contributed by atoms with Gasteiger partial charge in [0.05, 0.1) is 0 Å². The van der Waals surface area contributed by atoms with Gasteiger partial charge in [0.25, 0.3) is 0 Å². The number of anilines is 2. The number of hydrogen-bond donors (Lipinski definition) is 1. The van der Waals surface area contributed by atoms with Crippen LogP contribution in [0.2, 0.25) is 0 Å². The molecular formula is C18H23FN2. The Morgan fingerprint density at radius 1 is 1.10 bits per heavy atom. The molecule has 2 nitrogen and oxygen atoms in total. The summed E-state index contributed by atoms with van der Waals surface area (Å²) >= 11 is 0. The molecule has 3 heteroatoms. The molecule has 2 rings (SSSR count). The SMILES string of the molecule is CNC(C)c1c(F)cccc1N(C)c1ccc(C)cc1C. The van der Waals surface area contributed by atoms with Crippen molar-refractivity contribution in [1.29, 1.82) is 0 Å². The van der Waals surface area contributed by atoms with E-state index in [1.807, 2.05) is 27.1 Å². The van der Waals surface area contributed by atoms with E-state index < -0.39 is 0 Å². The highest BCUT2D eigenvalue weighted by Crippen LogP contribution is 2.34. The molecular weight excluding hydrogens is 263 g/mol. The van der Waals surface area contributed by atoms with Crippen molar-refractivity contribution < 1.29 is 4.39 Å². The molecule has 0 heterocycles. The molecule has 0 aliphatic rings. The molecule has 2 aromatic carbocycles. The molecule has 0 saturated heterocycles. The summed E-state index contributed by atoms with van der Waals surface area (Å²) in [5.41, 5.74) is 5.10. The Morgan fingerprint density at radius 2 is 1.81 bits per heavy atom. The van der Waals surface area contributed by atoms with Crippen LogP contribution in [0, 0.1) is 19.7 Å². The van der Waals surface area contributed by atoms with E-state index in [0.717, 1.165) is 11.4 Å². The van der Waals surface area contributed by atoms with E-state index in [1.54, 1.807) is 6.07 Å². The van der Waals surface area contributed by atoms with Crippen LogP contribution in [0.25, 0.3) is 0 Å². The molecule has 0 aromatic heterocycles. The van der Waals surface area contributed by atoms with Crippen LogP contribution in [0.3, 0.4) is 0 Å². The normalized spacial score (nSPS) is 12.3. The van der Waals surface area contributed by atoms with Crippen molar-refractivity contribution in [2.75, 3.05) is 19.0 Å². The zero-order valence-electron chi connectivity index (χ0n) is 13.4. The van der Waals surface area contributed by atoms with Gasteiger partial charge in [-0.3, -0.25) is 0 Å². The van der Waals surface area contributed by atoms with Gasteiger partial charge in [0.15, 0.2) is 0 Å². The van der Waals surface area contributed by atoms with Crippen LogP contribution < -0.4 is 10.2 Å². The number of hydrogen-bond acceptors (Lipinski definition) is 2. The van der Waals surface area contributed by atoms with Crippen LogP contribution in [0.15, 0.2) is 36.4 Å². The minimum Gasteiger partial charge on any atom is -0.344 e. The summed E-state index contributed by atoms with van der Waals surface area (Å²) in [6.45, 7) is 6.13. The Balaban J connectivity index is 2.53. The van der Waals surface area contributed by atoms with Crippen LogP contribution in [-0.2, 0) is 0 Å². The fourth-order valence-corrected chi connectivity index (χ4v) is 2.70. The number of nitrogens with zero attached hydrogens (tertiary/aromatic N) is 1. The van der Waals surface area contributed by atoms with Crippen LogP contribution in [0.5, 0.6) is 0 Å². The third-order valence-corrected chi connectivity index (χ3v) is 3.97. The number of rotatable bonds is 4. The Morgan fingerprint density at radius 3 is 2.43 bits per heavy atom. The fourth-order valence-electron chi connectivity index (χ4n) is 2.70. The maximum atomic E-state index is 14.3. The standard InChI is InChI=1S/C18H23FN2/c1-12-9-10-16(13(2)11-12)21(5)17-8-6-7-15(19)18(17)14(3)20-4/h6-11,14,20H,1-5H3. The van der Waals surface area contributed by atoms with Gasteiger partial charge in [-0.25, -0.2) is 4.39 Å². The van der Waals surface area contributed by atoms with Crippen LogP contribution in [-0.4, -0.2) is 14.1 Å². The molecule has 2 aromatic rings. The number of benzene rings is 2. The summed E-state index contributed by atoms with van der Waals surface area (Å²) in [7, 11) is 3.83. The highest BCUT2D eigenvalue weighted by molar-refractivity contribution is 5.69. The summed E-state index contributed by atoms with van der Waals surface area (Å²) in [5, 5.41) is 3.13. The van der Waals surface area contributed by atoms with Gasteiger partial charge in [0, 0.05) is 30.0 Å². The van der Waals surface area contributed by atoms with Gasteiger partial charge < -0.3 is 10.2 Å². The molecule has 1 N–H and O–H groups in total. The zero-order chi connectivity index (χ0) is 15.6. The van der Waals surface area contributed by atoms with Gasteiger partial charge >= 0.3 is 0 Å². The Hall–Kier alpha value is -1.87. The van der Waals surface area contributed by atoms with Crippen molar-refractivity contribution in [3.8, 4) is 0 Å². The highest BCUT2D eigenvalue weighted by atomic mass is 19.1. The van der Waals surface area contributed by atoms with E-state index in [0.29, 0.717) is 5.56 Å².